The fourth-order valence-electron chi connectivity index (χ4n) is 2.55. The predicted molar refractivity (Wildman–Crippen MR) is 91.3 cm³/mol. The monoisotopic (exact) mass is 335 g/mol. The molecule has 1 aliphatic rings. The van der Waals surface area contributed by atoms with Gasteiger partial charge in [0.15, 0.2) is 0 Å². The molecule has 1 N–H and O–H groups in total. The van der Waals surface area contributed by atoms with Gasteiger partial charge in [-0.05, 0) is 26.0 Å². The molecule has 0 atom stereocenters. The second-order valence-corrected chi connectivity index (χ2v) is 5.44. The van der Waals surface area contributed by atoms with E-state index in [2.05, 4.69) is 5.32 Å². The smallest absolute Gasteiger partial charge is 0.409 e. The van der Waals surface area contributed by atoms with Crippen molar-refractivity contribution < 1.29 is 19.1 Å². The molecule has 1 aromatic rings. The molecule has 0 spiro atoms. The first-order valence-electron chi connectivity index (χ1n) is 8.29. The maximum atomic E-state index is 12.2. The summed E-state index contributed by atoms with van der Waals surface area (Å²) < 4.78 is 10.5. The van der Waals surface area contributed by atoms with Crippen LogP contribution >= 0.6 is 0 Å². The number of carbonyl (C=O) groups is 2. The lowest BCUT2D eigenvalue weighted by Gasteiger charge is -2.33. The number of nitrogens with one attached hydrogen (secondary N) is 1. The largest absolute Gasteiger partial charge is 0.492 e. The number of anilines is 1. The number of para-hydroxylation sites is 2. The molecule has 2 rings (SSSR count). The number of piperazine rings is 1. The van der Waals surface area contributed by atoms with Crippen LogP contribution in [0.4, 0.5) is 10.5 Å². The highest BCUT2D eigenvalue weighted by Gasteiger charge is 2.23. The molecule has 24 heavy (non-hydrogen) atoms. The van der Waals surface area contributed by atoms with Crippen LogP contribution in [0.25, 0.3) is 0 Å². The normalized spacial score (nSPS) is 15.0. The van der Waals surface area contributed by atoms with E-state index in [1.807, 2.05) is 36.1 Å². The van der Waals surface area contributed by atoms with Gasteiger partial charge in [-0.3, -0.25) is 9.69 Å². The summed E-state index contributed by atoms with van der Waals surface area (Å²) in [6.07, 6.45) is -0.285. The topological polar surface area (TPSA) is 71.1 Å². The van der Waals surface area contributed by atoms with Crippen molar-refractivity contribution >= 4 is 17.7 Å². The van der Waals surface area contributed by atoms with Crippen molar-refractivity contribution in [1.29, 1.82) is 0 Å². The van der Waals surface area contributed by atoms with Crippen molar-refractivity contribution in [2.24, 2.45) is 0 Å². The van der Waals surface area contributed by atoms with Crippen LogP contribution in [0.2, 0.25) is 0 Å². The minimum Gasteiger partial charge on any atom is -0.492 e. The Bertz CT molecular complexity index is 557. The van der Waals surface area contributed by atoms with E-state index < -0.39 is 0 Å². The molecule has 0 unspecified atom stereocenters. The lowest BCUT2D eigenvalue weighted by atomic mass is 10.2. The molecule has 0 aliphatic carbocycles. The molecule has 1 fully saturated rings. The summed E-state index contributed by atoms with van der Waals surface area (Å²) >= 11 is 0. The van der Waals surface area contributed by atoms with Gasteiger partial charge in [-0.1, -0.05) is 12.1 Å². The Morgan fingerprint density at radius 1 is 1.08 bits per heavy atom. The summed E-state index contributed by atoms with van der Waals surface area (Å²) in [6, 6.07) is 7.38. The van der Waals surface area contributed by atoms with Crippen LogP contribution < -0.4 is 10.1 Å². The van der Waals surface area contributed by atoms with E-state index in [4.69, 9.17) is 9.47 Å². The third-order valence-electron chi connectivity index (χ3n) is 3.73. The van der Waals surface area contributed by atoms with Crippen LogP contribution in [-0.2, 0) is 9.53 Å². The zero-order valence-electron chi connectivity index (χ0n) is 14.3. The molecule has 7 nitrogen and oxygen atoms in total. The third kappa shape index (κ3) is 5.13. The number of nitrogens with zero attached hydrogens (tertiary/aromatic N) is 2. The number of hydrogen-bond acceptors (Lipinski definition) is 5. The fraction of sp³-hybridized carbons (Fsp3) is 0.529. The van der Waals surface area contributed by atoms with Gasteiger partial charge < -0.3 is 19.7 Å². The summed E-state index contributed by atoms with van der Waals surface area (Å²) in [6.45, 7) is 7.35. The number of hydrogen-bond donors (Lipinski definition) is 1. The molecule has 1 aliphatic heterocycles. The number of carbonyl (C=O) groups excluding carboxylic acids is 2. The molecular formula is C17H25N3O4. The van der Waals surface area contributed by atoms with Crippen molar-refractivity contribution in [2.45, 2.75) is 13.8 Å². The molecule has 132 valence electrons. The van der Waals surface area contributed by atoms with E-state index >= 15 is 0 Å². The highest BCUT2D eigenvalue weighted by molar-refractivity contribution is 5.93. The minimum absolute atomic E-state index is 0.0910. The van der Waals surface area contributed by atoms with Crippen LogP contribution in [-0.4, -0.2) is 67.7 Å². The standard InChI is InChI=1S/C17H25N3O4/c1-3-23-15-8-6-5-7-14(15)18-16(21)13-19-9-11-20(12-10-19)17(22)24-4-2/h5-8H,3-4,9-13H2,1-2H3,(H,18,21). The molecular weight excluding hydrogens is 310 g/mol. The Hall–Kier alpha value is -2.28. The Kier molecular flexibility index (Phi) is 6.87. The average Bonchev–Trinajstić information content (AvgIpc) is 2.58. The molecule has 0 aromatic heterocycles. The summed E-state index contributed by atoms with van der Waals surface area (Å²) in [5, 5.41) is 2.89. The van der Waals surface area contributed by atoms with E-state index in [-0.39, 0.29) is 18.5 Å². The Balaban J connectivity index is 1.81. The summed E-state index contributed by atoms with van der Waals surface area (Å²) in [5.41, 5.74) is 0.675. The minimum atomic E-state index is -0.285. The van der Waals surface area contributed by atoms with E-state index in [9.17, 15) is 9.59 Å². The van der Waals surface area contributed by atoms with Gasteiger partial charge in [0, 0.05) is 26.2 Å². The van der Waals surface area contributed by atoms with Gasteiger partial charge in [-0.15, -0.1) is 0 Å². The number of amides is 2. The van der Waals surface area contributed by atoms with E-state index in [1.54, 1.807) is 11.8 Å². The molecule has 1 heterocycles. The van der Waals surface area contributed by atoms with Gasteiger partial charge in [0.25, 0.3) is 0 Å². The van der Waals surface area contributed by atoms with Crippen LogP contribution in [0, 0.1) is 0 Å². The number of benzene rings is 1. The molecule has 2 amide bonds. The maximum Gasteiger partial charge on any atom is 0.409 e. The summed E-state index contributed by atoms with van der Waals surface area (Å²) in [7, 11) is 0. The van der Waals surface area contributed by atoms with Gasteiger partial charge in [-0.2, -0.15) is 0 Å². The van der Waals surface area contributed by atoms with Gasteiger partial charge in [0.2, 0.25) is 5.91 Å². The van der Waals surface area contributed by atoms with Crippen LogP contribution in [0.15, 0.2) is 24.3 Å². The molecule has 7 heteroatoms. The highest BCUT2D eigenvalue weighted by Crippen LogP contribution is 2.23. The first-order valence-corrected chi connectivity index (χ1v) is 8.29. The Morgan fingerprint density at radius 2 is 1.79 bits per heavy atom. The molecule has 1 saturated heterocycles. The van der Waals surface area contributed by atoms with Crippen molar-refractivity contribution in [3.05, 3.63) is 24.3 Å². The lowest BCUT2D eigenvalue weighted by Crippen LogP contribution is -2.50. The van der Waals surface area contributed by atoms with Crippen molar-refractivity contribution in [1.82, 2.24) is 9.80 Å². The van der Waals surface area contributed by atoms with Gasteiger partial charge in [0.1, 0.15) is 5.75 Å². The zero-order valence-corrected chi connectivity index (χ0v) is 14.3. The molecule has 0 radical (unpaired) electrons. The Labute approximate surface area is 142 Å². The first kappa shape index (κ1) is 18.1. The highest BCUT2D eigenvalue weighted by atomic mass is 16.6. The first-order chi connectivity index (χ1) is 11.6. The van der Waals surface area contributed by atoms with Gasteiger partial charge >= 0.3 is 6.09 Å². The SMILES string of the molecule is CCOC(=O)N1CCN(CC(=O)Nc2ccccc2OCC)CC1. The van der Waals surface area contributed by atoms with Crippen LogP contribution in [0.5, 0.6) is 5.75 Å². The van der Waals surface area contributed by atoms with E-state index in [0.717, 1.165) is 0 Å². The maximum absolute atomic E-state index is 12.2. The second-order valence-electron chi connectivity index (χ2n) is 5.44. The van der Waals surface area contributed by atoms with Gasteiger partial charge in [0.05, 0.1) is 25.4 Å². The lowest BCUT2D eigenvalue weighted by molar-refractivity contribution is -0.117. The number of ether oxygens (including phenoxy) is 2. The molecule has 1 aromatic carbocycles. The van der Waals surface area contributed by atoms with E-state index in [1.165, 1.54) is 0 Å². The molecule has 0 saturated carbocycles. The van der Waals surface area contributed by atoms with Gasteiger partial charge in [-0.25, -0.2) is 4.79 Å². The summed E-state index contributed by atoms with van der Waals surface area (Å²) in [5.74, 6) is 0.576. The number of rotatable bonds is 6. The van der Waals surface area contributed by atoms with Crippen LogP contribution in [0.3, 0.4) is 0 Å². The third-order valence-corrected chi connectivity index (χ3v) is 3.73. The Morgan fingerprint density at radius 3 is 2.46 bits per heavy atom. The summed E-state index contributed by atoms with van der Waals surface area (Å²) in [4.78, 5) is 27.6. The van der Waals surface area contributed by atoms with Crippen molar-refractivity contribution in [2.75, 3.05) is 51.3 Å². The molecule has 0 bridgehead atoms. The van der Waals surface area contributed by atoms with E-state index in [0.29, 0.717) is 50.8 Å². The quantitative estimate of drug-likeness (QED) is 0.858. The zero-order chi connectivity index (χ0) is 17.4. The predicted octanol–water partition coefficient (Wildman–Crippen LogP) is 1.80. The van der Waals surface area contributed by atoms with Crippen molar-refractivity contribution in [3.8, 4) is 5.75 Å². The van der Waals surface area contributed by atoms with Crippen molar-refractivity contribution in [3.63, 3.8) is 0 Å². The fourth-order valence-corrected chi connectivity index (χ4v) is 2.55. The van der Waals surface area contributed by atoms with Crippen LogP contribution in [0.1, 0.15) is 13.8 Å². The average molecular weight is 335 g/mol. The second kappa shape index (κ2) is 9.12.